The fourth-order valence-electron chi connectivity index (χ4n) is 1.25. The number of primary amides is 1. The molecule has 2 amide bonds. The maximum absolute atomic E-state index is 11.6. The number of nitrogens with zero attached hydrogens (tertiary/aromatic N) is 2. The van der Waals surface area contributed by atoms with Crippen LogP contribution in [0.3, 0.4) is 0 Å². The Morgan fingerprint density at radius 3 is 2.80 bits per heavy atom. The van der Waals surface area contributed by atoms with E-state index in [1.165, 1.54) is 0 Å². The standard InChI is InChI=1S/C9H14N4O2/c1-3-7-6(5-13(2)12-7)9(15)11-4-8(10)14/h5H,3-4H2,1-2H3,(H2,10,14)(H,11,15). The normalized spacial score (nSPS) is 10.0. The molecule has 0 radical (unpaired) electrons. The Hall–Kier alpha value is -1.85. The number of hydrogen-bond donors (Lipinski definition) is 2. The van der Waals surface area contributed by atoms with Gasteiger partial charge in [-0.15, -0.1) is 0 Å². The molecule has 0 unspecified atom stereocenters. The van der Waals surface area contributed by atoms with Crippen molar-refractivity contribution in [3.63, 3.8) is 0 Å². The van der Waals surface area contributed by atoms with E-state index in [9.17, 15) is 9.59 Å². The van der Waals surface area contributed by atoms with Gasteiger partial charge in [0.25, 0.3) is 5.91 Å². The summed E-state index contributed by atoms with van der Waals surface area (Å²) >= 11 is 0. The largest absolute Gasteiger partial charge is 0.368 e. The second-order valence-corrected chi connectivity index (χ2v) is 3.17. The van der Waals surface area contributed by atoms with Gasteiger partial charge in [-0.05, 0) is 6.42 Å². The average molecular weight is 210 g/mol. The summed E-state index contributed by atoms with van der Waals surface area (Å²) in [5.74, 6) is -0.885. The Morgan fingerprint density at radius 2 is 2.27 bits per heavy atom. The molecule has 0 fully saturated rings. The predicted molar refractivity (Wildman–Crippen MR) is 54.1 cm³/mol. The van der Waals surface area contributed by atoms with Crippen LogP contribution in [0.1, 0.15) is 23.0 Å². The molecule has 0 spiro atoms. The fourth-order valence-corrected chi connectivity index (χ4v) is 1.25. The van der Waals surface area contributed by atoms with E-state index in [1.807, 2.05) is 6.92 Å². The van der Waals surface area contributed by atoms with E-state index in [0.717, 1.165) is 0 Å². The van der Waals surface area contributed by atoms with Gasteiger partial charge in [0.15, 0.2) is 0 Å². The van der Waals surface area contributed by atoms with Crippen molar-refractivity contribution in [2.24, 2.45) is 12.8 Å². The molecule has 0 atom stereocenters. The summed E-state index contributed by atoms with van der Waals surface area (Å²) in [6, 6.07) is 0. The van der Waals surface area contributed by atoms with Gasteiger partial charge in [-0.25, -0.2) is 0 Å². The van der Waals surface area contributed by atoms with Crippen LogP contribution in [0.15, 0.2) is 6.20 Å². The van der Waals surface area contributed by atoms with Crippen LogP contribution in [-0.4, -0.2) is 28.1 Å². The summed E-state index contributed by atoms with van der Waals surface area (Å²) < 4.78 is 1.57. The van der Waals surface area contributed by atoms with Crippen LogP contribution in [0.2, 0.25) is 0 Å². The van der Waals surface area contributed by atoms with Gasteiger partial charge in [0.05, 0.1) is 17.8 Å². The van der Waals surface area contributed by atoms with Crippen LogP contribution >= 0.6 is 0 Å². The molecule has 0 saturated heterocycles. The molecule has 0 saturated carbocycles. The molecule has 0 bridgehead atoms. The Balaban J connectivity index is 2.76. The molecule has 1 heterocycles. The molecule has 0 aliphatic carbocycles. The van der Waals surface area contributed by atoms with Crippen molar-refractivity contribution in [2.75, 3.05) is 6.54 Å². The lowest BCUT2D eigenvalue weighted by Crippen LogP contribution is -2.33. The zero-order valence-corrected chi connectivity index (χ0v) is 8.78. The highest BCUT2D eigenvalue weighted by molar-refractivity contribution is 5.97. The second kappa shape index (κ2) is 4.59. The highest BCUT2D eigenvalue weighted by Gasteiger charge is 2.14. The summed E-state index contributed by atoms with van der Waals surface area (Å²) in [5.41, 5.74) is 6.12. The molecule has 0 aliphatic heterocycles. The zero-order valence-electron chi connectivity index (χ0n) is 8.78. The number of hydrogen-bond acceptors (Lipinski definition) is 3. The third-order valence-corrected chi connectivity index (χ3v) is 1.91. The topological polar surface area (TPSA) is 90.0 Å². The summed E-state index contributed by atoms with van der Waals surface area (Å²) in [6.45, 7) is 1.75. The first-order valence-electron chi connectivity index (χ1n) is 4.63. The van der Waals surface area contributed by atoms with E-state index in [4.69, 9.17) is 5.73 Å². The Morgan fingerprint density at radius 1 is 1.60 bits per heavy atom. The van der Waals surface area contributed by atoms with E-state index in [-0.39, 0.29) is 12.5 Å². The van der Waals surface area contributed by atoms with Gasteiger partial charge in [0.2, 0.25) is 5.91 Å². The number of aromatic nitrogens is 2. The van der Waals surface area contributed by atoms with Gasteiger partial charge < -0.3 is 11.1 Å². The first-order chi connectivity index (χ1) is 7.04. The van der Waals surface area contributed by atoms with Gasteiger partial charge in [-0.1, -0.05) is 6.92 Å². The van der Waals surface area contributed by atoms with Crippen LogP contribution in [0, 0.1) is 0 Å². The van der Waals surface area contributed by atoms with Crippen molar-refractivity contribution in [3.05, 3.63) is 17.5 Å². The van der Waals surface area contributed by atoms with Crippen molar-refractivity contribution < 1.29 is 9.59 Å². The highest BCUT2D eigenvalue weighted by atomic mass is 16.2. The van der Waals surface area contributed by atoms with Gasteiger partial charge in [-0.2, -0.15) is 5.10 Å². The maximum atomic E-state index is 11.6. The van der Waals surface area contributed by atoms with Crippen LogP contribution < -0.4 is 11.1 Å². The molecule has 15 heavy (non-hydrogen) atoms. The Bertz CT molecular complexity index is 383. The third-order valence-electron chi connectivity index (χ3n) is 1.91. The Kier molecular flexibility index (Phi) is 3.43. The van der Waals surface area contributed by atoms with E-state index >= 15 is 0 Å². The monoisotopic (exact) mass is 210 g/mol. The van der Waals surface area contributed by atoms with Crippen LogP contribution in [-0.2, 0) is 18.3 Å². The molecule has 3 N–H and O–H groups in total. The molecule has 6 heteroatoms. The SMILES string of the molecule is CCc1nn(C)cc1C(=O)NCC(N)=O. The summed E-state index contributed by atoms with van der Waals surface area (Å²) in [5, 5.41) is 6.54. The number of nitrogens with one attached hydrogen (secondary N) is 1. The average Bonchev–Trinajstić information content (AvgIpc) is 2.56. The second-order valence-electron chi connectivity index (χ2n) is 3.17. The van der Waals surface area contributed by atoms with E-state index in [0.29, 0.717) is 17.7 Å². The third kappa shape index (κ3) is 2.80. The van der Waals surface area contributed by atoms with Crippen molar-refractivity contribution in [2.45, 2.75) is 13.3 Å². The van der Waals surface area contributed by atoms with Gasteiger partial charge >= 0.3 is 0 Å². The molecule has 0 aromatic carbocycles. The highest BCUT2D eigenvalue weighted by Crippen LogP contribution is 2.06. The van der Waals surface area contributed by atoms with Crippen molar-refractivity contribution >= 4 is 11.8 Å². The van der Waals surface area contributed by atoms with Crippen LogP contribution in [0.5, 0.6) is 0 Å². The molecule has 82 valence electrons. The lowest BCUT2D eigenvalue weighted by molar-refractivity contribution is -0.117. The molecule has 1 aromatic rings. The van der Waals surface area contributed by atoms with E-state index in [1.54, 1.807) is 17.9 Å². The minimum atomic E-state index is -0.565. The summed E-state index contributed by atoms with van der Waals surface area (Å²) in [7, 11) is 1.74. The number of nitrogens with two attached hydrogens (primary N) is 1. The number of aryl methyl sites for hydroxylation is 2. The zero-order chi connectivity index (χ0) is 11.4. The number of carbonyl (C=O) groups is 2. The number of rotatable bonds is 4. The van der Waals surface area contributed by atoms with Gasteiger partial charge in [-0.3, -0.25) is 14.3 Å². The van der Waals surface area contributed by atoms with E-state index < -0.39 is 5.91 Å². The van der Waals surface area contributed by atoms with E-state index in [2.05, 4.69) is 10.4 Å². The smallest absolute Gasteiger partial charge is 0.255 e. The lowest BCUT2D eigenvalue weighted by atomic mass is 10.2. The van der Waals surface area contributed by atoms with Crippen molar-refractivity contribution in [1.82, 2.24) is 15.1 Å². The quantitative estimate of drug-likeness (QED) is 0.681. The van der Waals surface area contributed by atoms with Gasteiger partial charge in [0, 0.05) is 13.2 Å². The number of amides is 2. The molecule has 0 aliphatic rings. The fraction of sp³-hybridized carbons (Fsp3) is 0.444. The maximum Gasteiger partial charge on any atom is 0.255 e. The lowest BCUT2D eigenvalue weighted by Gasteiger charge is -2.01. The van der Waals surface area contributed by atoms with Crippen molar-refractivity contribution in [1.29, 1.82) is 0 Å². The van der Waals surface area contributed by atoms with Gasteiger partial charge in [0.1, 0.15) is 0 Å². The molecular weight excluding hydrogens is 196 g/mol. The first-order valence-corrected chi connectivity index (χ1v) is 4.63. The van der Waals surface area contributed by atoms with Crippen LogP contribution in [0.4, 0.5) is 0 Å². The minimum Gasteiger partial charge on any atom is -0.368 e. The Labute approximate surface area is 87.4 Å². The first kappa shape index (κ1) is 11.2. The molecule has 1 aromatic heterocycles. The molecular formula is C9H14N4O2. The minimum absolute atomic E-state index is 0.156. The molecule has 6 nitrogen and oxygen atoms in total. The van der Waals surface area contributed by atoms with Crippen LogP contribution in [0.25, 0.3) is 0 Å². The predicted octanol–water partition coefficient (Wildman–Crippen LogP) is -0.802. The summed E-state index contributed by atoms with van der Waals surface area (Å²) in [4.78, 5) is 22.1. The number of carbonyl (C=O) groups excluding carboxylic acids is 2. The summed E-state index contributed by atoms with van der Waals surface area (Å²) in [6.07, 6.45) is 2.29. The van der Waals surface area contributed by atoms with Crippen molar-refractivity contribution in [3.8, 4) is 0 Å². The molecule has 1 rings (SSSR count).